The molecule has 0 spiro atoms. The number of carbonyl (C=O) groups is 2. The second-order valence-corrected chi connectivity index (χ2v) is 15.7. The molecule has 0 radical (unpaired) electrons. The molecule has 6 rings (SSSR count). The van der Waals surface area contributed by atoms with E-state index in [9.17, 15) is 9.59 Å². The number of esters is 2. The van der Waals surface area contributed by atoms with E-state index in [2.05, 4.69) is 100 Å². The predicted octanol–water partition coefficient (Wildman–Crippen LogP) is 15.2. The molecular formula is C52H62O4. The molecule has 4 nitrogen and oxygen atoms in total. The Balaban J connectivity index is 1.54. The third kappa shape index (κ3) is 9.63. The minimum atomic E-state index is -0.176. The minimum absolute atomic E-state index is 0.176. The molecule has 0 aliphatic heterocycles. The first-order chi connectivity index (χ1) is 27.5. The monoisotopic (exact) mass is 750 g/mol. The average molecular weight is 751 g/mol. The first kappa shape index (κ1) is 40.9. The molecule has 56 heavy (non-hydrogen) atoms. The number of hydrogen-bond acceptors (Lipinski definition) is 4. The van der Waals surface area contributed by atoms with Crippen molar-refractivity contribution in [3.63, 3.8) is 0 Å². The Morgan fingerprint density at radius 2 is 0.750 bits per heavy atom. The van der Waals surface area contributed by atoms with Crippen LogP contribution in [0.2, 0.25) is 0 Å². The maximum Gasteiger partial charge on any atom is 0.311 e. The lowest BCUT2D eigenvalue weighted by atomic mass is 9.84. The standard InChI is InChI=1S/C52H62O4/c1-5-9-11-13-15-17-29-47(53)55-51-41-27-21-19-25-39(41)49(45-35-37(23-7-3)31-33-43(45)51)50-40-26-20-22-28-42(40)52(44-34-32-38(24-8-4)36-46(44)50)56-48(54)30-18-16-14-12-10-6-2/h19-22,25-28,31-36H,5-18,23-24,29-30H2,1-4H3. The lowest BCUT2D eigenvalue weighted by molar-refractivity contribution is -0.135. The van der Waals surface area contributed by atoms with Crippen LogP contribution < -0.4 is 9.47 Å². The number of unbranched alkanes of at least 4 members (excludes halogenated alkanes) is 10. The number of benzene rings is 6. The lowest BCUT2D eigenvalue weighted by Gasteiger charge is -2.22. The van der Waals surface area contributed by atoms with E-state index in [0.29, 0.717) is 24.3 Å². The van der Waals surface area contributed by atoms with Crippen LogP contribution in [-0.2, 0) is 22.4 Å². The van der Waals surface area contributed by atoms with Crippen molar-refractivity contribution in [3.05, 3.63) is 96.1 Å². The minimum Gasteiger partial charge on any atom is -0.425 e. The van der Waals surface area contributed by atoms with Gasteiger partial charge in [-0.05, 0) is 69.5 Å². The molecule has 0 saturated heterocycles. The molecule has 0 N–H and O–H groups in total. The highest BCUT2D eigenvalue weighted by atomic mass is 16.5. The van der Waals surface area contributed by atoms with Crippen LogP contribution in [0.15, 0.2) is 84.9 Å². The van der Waals surface area contributed by atoms with Gasteiger partial charge in [-0.1, -0.05) is 190 Å². The molecule has 0 heterocycles. The molecule has 0 aromatic heterocycles. The summed E-state index contributed by atoms with van der Waals surface area (Å²) in [5.74, 6) is 0.923. The quantitative estimate of drug-likeness (QED) is 0.0318. The number of fused-ring (bicyclic) bond motifs is 4. The number of rotatable bonds is 21. The first-order valence-corrected chi connectivity index (χ1v) is 21.8. The summed E-state index contributed by atoms with van der Waals surface area (Å²) in [7, 11) is 0. The summed E-state index contributed by atoms with van der Waals surface area (Å²) < 4.78 is 12.8. The fourth-order valence-electron chi connectivity index (χ4n) is 8.45. The van der Waals surface area contributed by atoms with Crippen molar-refractivity contribution in [2.75, 3.05) is 0 Å². The van der Waals surface area contributed by atoms with Gasteiger partial charge in [-0.3, -0.25) is 9.59 Å². The van der Waals surface area contributed by atoms with E-state index in [4.69, 9.17) is 9.47 Å². The highest BCUT2D eigenvalue weighted by Gasteiger charge is 2.24. The van der Waals surface area contributed by atoms with Gasteiger partial charge in [0, 0.05) is 34.4 Å². The first-order valence-electron chi connectivity index (χ1n) is 21.8. The molecule has 0 saturated carbocycles. The Hall–Kier alpha value is -4.70. The van der Waals surface area contributed by atoms with Gasteiger partial charge in [0.1, 0.15) is 11.5 Å². The van der Waals surface area contributed by atoms with Crippen molar-refractivity contribution in [2.45, 2.75) is 143 Å². The third-order valence-corrected chi connectivity index (χ3v) is 11.3. The van der Waals surface area contributed by atoms with Gasteiger partial charge in [0.25, 0.3) is 0 Å². The van der Waals surface area contributed by atoms with Gasteiger partial charge in [-0.2, -0.15) is 0 Å². The molecule has 6 aromatic rings. The average Bonchev–Trinajstić information content (AvgIpc) is 3.21. The van der Waals surface area contributed by atoms with Crippen molar-refractivity contribution < 1.29 is 19.1 Å². The summed E-state index contributed by atoms with van der Waals surface area (Å²) in [5.41, 5.74) is 4.73. The zero-order valence-electron chi connectivity index (χ0n) is 34.4. The largest absolute Gasteiger partial charge is 0.425 e. The van der Waals surface area contributed by atoms with Gasteiger partial charge in [-0.25, -0.2) is 0 Å². The Morgan fingerprint density at radius 3 is 1.14 bits per heavy atom. The number of ether oxygens (including phenoxy) is 2. The number of carbonyl (C=O) groups excluding carboxylic acids is 2. The molecule has 0 fully saturated rings. The summed E-state index contributed by atoms with van der Waals surface area (Å²) >= 11 is 0. The molecule has 0 unspecified atom stereocenters. The van der Waals surface area contributed by atoms with Crippen LogP contribution in [0.1, 0.15) is 142 Å². The van der Waals surface area contributed by atoms with Crippen molar-refractivity contribution >= 4 is 55.0 Å². The maximum atomic E-state index is 13.5. The molecule has 6 aromatic carbocycles. The number of aryl methyl sites for hydroxylation is 2. The molecule has 0 atom stereocenters. The van der Waals surface area contributed by atoms with Crippen molar-refractivity contribution in [1.82, 2.24) is 0 Å². The van der Waals surface area contributed by atoms with Crippen LogP contribution >= 0.6 is 0 Å². The predicted molar refractivity (Wildman–Crippen MR) is 237 cm³/mol. The molecule has 0 aliphatic rings. The van der Waals surface area contributed by atoms with E-state index < -0.39 is 0 Å². The normalized spacial score (nSPS) is 11.6. The summed E-state index contributed by atoms with van der Waals surface area (Å²) in [5, 5.41) is 7.93. The molecule has 0 bridgehead atoms. The van der Waals surface area contributed by atoms with Gasteiger partial charge in [0.2, 0.25) is 0 Å². The van der Waals surface area contributed by atoms with E-state index >= 15 is 0 Å². The summed E-state index contributed by atoms with van der Waals surface area (Å²) in [6, 6.07) is 30.1. The van der Waals surface area contributed by atoms with Gasteiger partial charge in [0.05, 0.1) is 0 Å². The van der Waals surface area contributed by atoms with Crippen LogP contribution in [0, 0.1) is 0 Å². The molecule has 4 heteroatoms. The highest BCUT2D eigenvalue weighted by Crippen LogP contribution is 2.50. The molecule has 294 valence electrons. The van der Waals surface area contributed by atoms with Crippen LogP contribution in [-0.4, -0.2) is 11.9 Å². The third-order valence-electron chi connectivity index (χ3n) is 11.3. The topological polar surface area (TPSA) is 52.6 Å². The van der Waals surface area contributed by atoms with Crippen LogP contribution in [0.5, 0.6) is 11.5 Å². The fourth-order valence-corrected chi connectivity index (χ4v) is 8.45. The second-order valence-electron chi connectivity index (χ2n) is 15.7. The van der Waals surface area contributed by atoms with Gasteiger partial charge in [-0.15, -0.1) is 0 Å². The molecular weight excluding hydrogens is 689 g/mol. The van der Waals surface area contributed by atoms with Gasteiger partial charge < -0.3 is 9.47 Å². The zero-order chi connectivity index (χ0) is 39.3. The highest BCUT2D eigenvalue weighted by molar-refractivity contribution is 6.27. The van der Waals surface area contributed by atoms with Crippen molar-refractivity contribution in [3.8, 4) is 22.6 Å². The Bertz CT molecular complexity index is 2100. The van der Waals surface area contributed by atoms with Gasteiger partial charge >= 0.3 is 11.9 Å². The van der Waals surface area contributed by atoms with Crippen LogP contribution in [0.3, 0.4) is 0 Å². The summed E-state index contributed by atoms with van der Waals surface area (Å²) in [6.07, 6.45) is 18.2. The second kappa shape index (κ2) is 20.5. The van der Waals surface area contributed by atoms with E-state index in [0.717, 1.165) is 118 Å². The molecule has 0 aliphatic carbocycles. The van der Waals surface area contributed by atoms with Crippen LogP contribution in [0.25, 0.3) is 54.2 Å². The fraction of sp³-hybridized carbons (Fsp3) is 0.423. The van der Waals surface area contributed by atoms with Gasteiger partial charge in [0.15, 0.2) is 0 Å². The summed E-state index contributed by atoms with van der Waals surface area (Å²) in [4.78, 5) is 27.1. The lowest BCUT2D eigenvalue weighted by Crippen LogP contribution is -2.09. The van der Waals surface area contributed by atoms with E-state index in [1.165, 1.54) is 49.7 Å². The smallest absolute Gasteiger partial charge is 0.311 e. The Labute approximate surface area is 335 Å². The molecule has 0 amide bonds. The van der Waals surface area contributed by atoms with Crippen LogP contribution in [0.4, 0.5) is 0 Å². The van der Waals surface area contributed by atoms with E-state index in [1.54, 1.807) is 0 Å². The van der Waals surface area contributed by atoms with Crippen molar-refractivity contribution in [2.24, 2.45) is 0 Å². The summed E-state index contributed by atoms with van der Waals surface area (Å²) in [6.45, 7) is 8.87. The SMILES string of the molecule is CCCCCCCCC(=O)Oc1c2ccccc2c(-c2c3ccccc3c(OC(=O)CCCCCCCC)c3ccc(CCC)cc23)c2cc(CCC)ccc12. The van der Waals surface area contributed by atoms with E-state index in [-0.39, 0.29) is 11.9 Å². The van der Waals surface area contributed by atoms with E-state index in [1.807, 2.05) is 12.1 Å². The Morgan fingerprint density at radius 1 is 0.393 bits per heavy atom. The van der Waals surface area contributed by atoms with Crippen molar-refractivity contribution in [1.29, 1.82) is 0 Å². The number of hydrogen-bond donors (Lipinski definition) is 0. The maximum absolute atomic E-state index is 13.5. The zero-order valence-corrected chi connectivity index (χ0v) is 34.4. The Kier molecular flexibility index (Phi) is 15.0.